The van der Waals surface area contributed by atoms with Gasteiger partial charge in [-0.3, -0.25) is 0 Å². The Labute approximate surface area is 115 Å². The highest BCUT2D eigenvalue weighted by Gasteiger charge is 2.35. The molecule has 4 nitrogen and oxygen atoms in total. The second kappa shape index (κ2) is 6.59. The number of likely N-dealkylation sites (N-methyl/N-ethyl adjacent to an activating group) is 1. The number of aliphatic hydroxyl groups is 1. The molecule has 0 aliphatic heterocycles. The van der Waals surface area contributed by atoms with E-state index in [9.17, 15) is 18.3 Å². The predicted molar refractivity (Wildman–Crippen MR) is 67.3 cm³/mol. The number of anilines is 1. The fraction of sp³-hybridized carbons (Fsp3) is 0.462. The molecule has 1 N–H and O–H groups in total. The van der Waals surface area contributed by atoms with Crippen LogP contribution in [0.25, 0.3) is 0 Å². The minimum Gasteiger partial charge on any atom is -0.389 e. The zero-order valence-electron chi connectivity index (χ0n) is 11.1. The number of aliphatic hydroxyl groups excluding tert-OH is 1. The smallest absolute Gasteiger partial charge is 0.389 e. The molecule has 1 rings (SSSR count). The van der Waals surface area contributed by atoms with Crippen molar-refractivity contribution in [3.8, 4) is 6.07 Å². The second-order valence-corrected chi connectivity index (χ2v) is 4.33. The van der Waals surface area contributed by atoms with Crippen LogP contribution in [0.5, 0.6) is 0 Å². The molecule has 20 heavy (non-hydrogen) atoms. The Morgan fingerprint density at radius 3 is 2.60 bits per heavy atom. The van der Waals surface area contributed by atoms with Crippen LogP contribution in [0.15, 0.2) is 18.2 Å². The summed E-state index contributed by atoms with van der Waals surface area (Å²) in [6.07, 6.45) is -5.47. The van der Waals surface area contributed by atoms with Crippen LogP contribution in [0.4, 0.5) is 18.9 Å². The number of hydrogen-bond donors (Lipinski definition) is 1. The van der Waals surface area contributed by atoms with Crippen molar-refractivity contribution >= 4 is 5.69 Å². The monoisotopic (exact) mass is 288 g/mol. The quantitative estimate of drug-likeness (QED) is 0.900. The standard InChI is InChI=1S/C13H15F3N2O2/c1-18(7-10(19)8-20-2)12-4-3-9(6-17)5-11(12)13(14,15)16/h3-5,10,19H,7-8H2,1-2H3/t10-/m0/s1. The van der Waals surface area contributed by atoms with Crippen molar-refractivity contribution in [3.05, 3.63) is 29.3 Å². The van der Waals surface area contributed by atoms with Crippen LogP contribution in [0.3, 0.4) is 0 Å². The third-order valence-corrected chi connectivity index (χ3v) is 2.69. The van der Waals surface area contributed by atoms with Crippen molar-refractivity contribution in [2.75, 3.05) is 32.2 Å². The van der Waals surface area contributed by atoms with Gasteiger partial charge in [-0.05, 0) is 18.2 Å². The number of nitrogens with zero attached hydrogens (tertiary/aromatic N) is 2. The Hall–Kier alpha value is -1.78. The van der Waals surface area contributed by atoms with Crippen molar-refractivity contribution in [3.63, 3.8) is 0 Å². The van der Waals surface area contributed by atoms with E-state index in [1.807, 2.05) is 0 Å². The number of benzene rings is 1. The maximum atomic E-state index is 13.0. The Morgan fingerprint density at radius 1 is 1.45 bits per heavy atom. The van der Waals surface area contributed by atoms with E-state index in [0.717, 1.165) is 6.07 Å². The zero-order valence-corrected chi connectivity index (χ0v) is 11.1. The fourth-order valence-corrected chi connectivity index (χ4v) is 1.83. The first-order valence-electron chi connectivity index (χ1n) is 5.79. The van der Waals surface area contributed by atoms with Gasteiger partial charge < -0.3 is 14.7 Å². The lowest BCUT2D eigenvalue weighted by Crippen LogP contribution is -2.33. The summed E-state index contributed by atoms with van der Waals surface area (Å²) in [5, 5.41) is 18.3. The first-order valence-corrected chi connectivity index (χ1v) is 5.79. The van der Waals surface area contributed by atoms with E-state index in [1.165, 1.54) is 31.2 Å². The van der Waals surface area contributed by atoms with Gasteiger partial charge in [-0.25, -0.2) is 0 Å². The molecule has 0 aromatic heterocycles. The first-order chi connectivity index (χ1) is 9.29. The molecule has 1 aromatic carbocycles. The molecule has 0 bridgehead atoms. The first kappa shape index (κ1) is 16.3. The van der Waals surface area contributed by atoms with Crippen LogP contribution in [0.2, 0.25) is 0 Å². The topological polar surface area (TPSA) is 56.5 Å². The van der Waals surface area contributed by atoms with Gasteiger partial charge in [0.2, 0.25) is 0 Å². The zero-order chi connectivity index (χ0) is 15.3. The lowest BCUT2D eigenvalue weighted by atomic mass is 10.1. The van der Waals surface area contributed by atoms with Crippen molar-refractivity contribution in [2.45, 2.75) is 12.3 Å². The average molecular weight is 288 g/mol. The van der Waals surface area contributed by atoms with Gasteiger partial charge in [-0.1, -0.05) is 0 Å². The third kappa shape index (κ3) is 4.11. The van der Waals surface area contributed by atoms with E-state index < -0.39 is 17.8 Å². The van der Waals surface area contributed by atoms with Crippen molar-refractivity contribution in [1.29, 1.82) is 5.26 Å². The van der Waals surface area contributed by atoms with Gasteiger partial charge in [-0.2, -0.15) is 18.4 Å². The van der Waals surface area contributed by atoms with Gasteiger partial charge in [0.05, 0.1) is 29.9 Å². The van der Waals surface area contributed by atoms with Gasteiger partial charge >= 0.3 is 6.18 Å². The van der Waals surface area contributed by atoms with E-state index in [0.29, 0.717) is 0 Å². The molecule has 1 atom stereocenters. The van der Waals surface area contributed by atoms with E-state index in [2.05, 4.69) is 0 Å². The molecule has 0 saturated heterocycles. The van der Waals surface area contributed by atoms with Crippen molar-refractivity contribution in [1.82, 2.24) is 0 Å². The van der Waals surface area contributed by atoms with E-state index in [-0.39, 0.29) is 24.4 Å². The third-order valence-electron chi connectivity index (χ3n) is 2.69. The normalized spacial score (nSPS) is 12.8. The summed E-state index contributed by atoms with van der Waals surface area (Å²) in [4.78, 5) is 1.29. The van der Waals surface area contributed by atoms with Gasteiger partial charge in [0.15, 0.2) is 0 Å². The van der Waals surface area contributed by atoms with Gasteiger partial charge in [0.25, 0.3) is 0 Å². The molecule has 0 heterocycles. The van der Waals surface area contributed by atoms with Gasteiger partial charge in [-0.15, -0.1) is 0 Å². The molecule has 110 valence electrons. The summed E-state index contributed by atoms with van der Waals surface area (Å²) in [6.45, 7) is 0.0186. The number of alkyl halides is 3. The Balaban J connectivity index is 3.08. The summed E-state index contributed by atoms with van der Waals surface area (Å²) in [6, 6.07) is 5.01. The number of ether oxygens (including phenoxy) is 1. The molecule has 0 fully saturated rings. The highest BCUT2D eigenvalue weighted by molar-refractivity contribution is 5.57. The maximum absolute atomic E-state index is 13.0. The molecule has 0 unspecified atom stereocenters. The lowest BCUT2D eigenvalue weighted by molar-refractivity contribution is -0.137. The Morgan fingerprint density at radius 2 is 2.10 bits per heavy atom. The number of rotatable bonds is 5. The molecular weight excluding hydrogens is 273 g/mol. The molecule has 0 saturated carbocycles. The fourth-order valence-electron chi connectivity index (χ4n) is 1.83. The molecule has 0 aliphatic carbocycles. The largest absolute Gasteiger partial charge is 0.418 e. The number of nitriles is 1. The minimum atomic E-state index is -4.57. The molecule has 0 amide bonds. The van der Waals surface area contributed by atoms with Crippen LogP contribution < -0.4 is 4.90 Å². The van der Waals surface area contributed by atoms with Crippen LogP contribution >= 0.6 is 0 Å². The Bertz CT molecular complexity index is 497. The lowest BCUT2D eigenvalue weighted by Gasteiger charge is -2.25. The minimum absolute atomic E-state index is 0.0111. The van der Waals surface area contributed by atoms with Crippen LogP contribution in [0, 0.1) is 11.3 Å². The van der Waals surface area contributed by atoms with Crippen LogP contribution in [-0.4, -0.2) is 38.5 Å². The summed E-state index contributed by atoms with van der Waals surface area (Å²) in [5.74, 6) is 0. The van der Waals surface area contributed by atoms with E-state index in [1.54, 1.807) is 6.07 Å². The summed E-state index contributed by atoms with van der Waals surface area (Å²) >= 11 is 0. The molecule has 7 heteroatoms. The number of halogens is 3. The average Bonchev–Trinajstić information content (AvgIpc) is 2.37. The summed E-state index contributed by atoms with van der Waals surface area (Å²) < 4.78 is 43.7. The van der Waals surface area contributed by atoms with Crippen LogP contribution in [0.1, 0.15) is 11.1 Å². The maximum Gasteiger partial charge on any atom is 0.418 e. The molecular formula is C13H15F3N2O2. The van der Waals surface area contributed by atoms with Crippen molar-refractivity contribution in [2.24, 2.45) is 0 Å². The summed E-state index contributed by atoms with van der Waals surface area (Å²) in [7, 11) is 2.83. The molecule has 0 radical (unpaired) electrons. The predicted octanol–water partition coefficient (Wildman–Crippen LogP) is 2.02. The SMILES string of the molecule is COC[C@@H](O)CN(C)c1ccc(C#N)cc1C(F)(F)F. The number of methoxy groups -OCH3 is 1. The molecule has 0 spiro atoms. The Kier molecular flexibility index (Phi) is 5.36. The van der Waals surface area contributed by atoms with E-state index in [4.69, 9.17) is 10.00 Å². The van der Waals surface area contributed by atoms with Crippen LogP contribution in [-0.2, 0) is 10.9 Å². The molecule has 0 aliphatic rings. The van der Waals surface area contributed by atoms with Gasteiger partial charge in [0, 0.05) is 26.4 Å². The molecule has 1 aromatic rings. The second-order valence-electron chi connectivity index (χ2n) is 4.33. The summed E-state index contributed by atoms with van der Waals surface area (Å²) in [5.41, 5.74) is -1.05. The highest BCUT2D eigenvalue weighted by Crippen LogP contribution is 2.36. The van der Waals surface area contributed by atoms with E-state index >= 15 is 0 Å². The number of hydrogen-bond acceptors (Lipinski definition) is 4. The van der Waals surface area contributed by atoms with Crippen molar-refractivity contribution < 1.29 is 23.0 Å². The van der Waals surface area contributed by atoms with Gasteiger partial charge in [0.1, 0.15) is 0 Å². The highest BCUT2D eigenvalue weighted by atomic mass is 19.4.